The second-order valence-electron chi connectivity index (χ2n) is 4.40. The van der Waals surface area contributed by atoms with Crippen LogP contribution in [0.3, 0.4) is 0 Å². The number of rotatable bonds is 8. The van der Waals surface area contributed by atoms with Gasteiger partial charge in [0.05, 0.1) is 6.20 Å². The highest BCUT2D eigenvalue weighted by Gasteiger charge is 2.41. The van der Waals surface area contributed by atoms with E-state index in [0.29, 0.717) is 6.54 Å². The maximum Gasteiger partial charge on any atom is 0.330 e. The van der Waals surface area contributed by atoms with Gasteiger partial charge in [0.25, 0.3) is 0 Å². The Bertz CT molecular complexity index is 477. The molecule has 0 saturated heterocycles. The van der Waals surface area contributed by atoms with Gasteiger partial charge in [-0.05, 0) is 13.8 Å². The lowest BCUT2D eigenvalue weighted by Gasteiger charge is -2.14. The molecule has 120 valence electrons. The molecule has 1 N–H and O–H groups in total. The Kier molecular flexibility index (Phi) is 6.13. The summed E-state index contributed by atoms with van der Waals surface area (Å²) in [5.74, 6) is -4.91. The number of hydrogen-bond donors (Lipinski definition) is 1. The zero-order chi connectivity index (χ0) is 16.0. The van der Waals surface area contributed by atoms with Gasteiger partial charge >= 0.3 is 12.3 Å². The van der Waals surface area contributed by atoms with Crippen molar-refractivity contribution in [3.63, 3.8) is 0 Å². The number of nitrogens with zero attached hydrogens (tertiary/aromatic N) is 2. The Hall–Kier alpha value is -1.64. The number of aryl methyl sites for hydroxylation is 1. The number of alkyl halides is 4. The van der Waals surface area contributed by atoms with Crippen molar-refractivity contribution in [2.75, 3.05) is 13.2 Å². The van der Waals surface area contributed by atoms with Crippen molar-refractivity contribution >= 4 is 5.91 Å². The van der Waals surface area contributed by atoms with Crippen molar-refractivity contribution in [3.8, 4) is 0 Å². The number of carbonyl (C=O) groups is 1. The molecular weight excluding hydrogens is 294 g/mol. The average Bonchev–Trinajstić information content (AvgIpc) is 2.76. The minimum absolute atomic E-state index is 0.166. The molecule has 0 aliphatic heterocycles. The van der Waals surface area contributed by atoms with Crippen LogP contribution in [0.5, 0.6) is 0 Å². The molecule has 0 spiro atoms. The van der Waals surface area contributed by atoms with Crippen LogP contribution in [0.4, 0.5) is 17.6 Å². The summed E-state index contributed by atoms with van der Waals surface area (Å²) < 4.78 is 54.8. The standard InChI is InChI=1S/C12H17F4N3O2/c1-3-19-8(2)9(5-18-19)4-17-10(20)6-21-7-12(15,16)11(13)14/h5,11H,3-4,6-7H2,1-2H3,(H,17,20). The summed E-state index contributed by atoms with van der Waals surface area (Å²) in [6.45, 7) is 2.40. The molecule has 0 aromatic carbocycles. The molecule has 0 bridgehead atoms. The first-order valence-electron chi connectivity index (χ1n) is 6.29. The number of halogens is 4. The third kappa shape index (κ3) is 5.00. The Labute approximate surface area is 119 Å². The molecule has 9 heteroatoms. The first kappa shape index (κ1) is 17.4. The minimum Gasteiger partial charge on any atom is -0.365 e. The normalized spacial score (nSPS) is 12.0. The van der Waals surface area contributed by atoms with Crippen LogP contribution in [-0.4, -0.2) is 41.2 Å². The number of ether oxygens (including phenoxy) is 1. The molecule has 1 aromatic rings. The van der Waals surface area contributed by atoms with Crippen LogP contribution in [0.1, 0.15) is 18.2 Å². The molecule has 0 atom stereocenters. The van der Waals surface area contributed by atoms with Crippen LogP contribution in [0, 0.1) is 6.92 Å². The number of amides is 1. The SMILES string of the molecule is CCn1ncc(CNC(=O)COCC(F)(F)C(F)F)c1C. The molecule has 21 heavy (non-hydrogen) atoms. The second kappa shape index (κ2) is 7.39. The number of aromatic nitrogens is 2. The van der Waals surface area contributed by atoms with E-state index in [1.54, 1.807) is 10.9 Å². The summed E-state index contributed by atoms with van der Waals surface area (Å²) in [5, 5.41) is 6.52. The third-order valence-electron chi connectivity index (χ3n) is 2.83. The van der Waals surface area contributed by atoms with Gasteiger partial charge in [-0.1, -0.05) is 0 Å². The molecular formula is C12H17F4N3O2. The van der Waals surface area contributed by atoms with Crippen LogP contribution < -0.4 is 5.32 Å². The summed E-state index contributed by atoms with van der Waals surface area (Å²) in [6.07, 6.45) is -2.23. The molecule has 5 nitrogen and oxygen atoms in total. The van der Waals surface area contributed by atoms with E-state index in [1.807, 2.05) is 13.8 Å². The fourth-order valence-electron chi connectivity index (χ4n) is 1.57. The zero-order valence-corrected chi connectivity index (χ0v) is 11.7. The third-order valence-corrected chi connectivity index (χ3v) is 2.83. The molecule has 0 radical (unpaired) electrons. The van der Waals surface area contributed by atoms with E-state index in [1.165, 1.54) is 0 Å². The van der Waals surface area contributed by atoms with E-state index in [2.05, 4.69) is 15.2 Å². The summed E-state index contributed by atoms with van der Waals surface area (Å²) in [7, 11) is 0. The summed E-state index contributed by atoms with van der Waals surface area (Å²) in [6, 6.07) is 0. The first-order chi connectivity index (χ1) is 9.77. The smallest absolute Gasteiger partial charge is 0.330 e. The van der Waals surface area contributed by atoms with Gasteiger partial charge in [0.2, 0.25) is 5.91 Å². The van der Waals surface area contributed by atoms with Crippen molar-refractivity contribution in [2.45, 2.75) is 39.3 Å². The quantitative estimate of drug-likeness (QED) is 0.744. The monoisotopic (exact) mass is 311 g/mol. The second-order valence-corrected chi connectivity index (χ2v) is 4.40. The van der Waals surface area contributed by atoms with E-state index in [4.69, 9.17) is 0 Å². The highest BCUT2D eigenvalue weighted by atomic mass is 19.3. The average molecular weight is 311 g/mol. The fourth-order valence-corrected chi connectivity index (χ4v) is 1.57. The molecule has 1 aromatic heterocycles. The highest BCUT2D eigenvalue weighted by Crippen LogP contribution is 2.22. The van der Waals surface area contributed by atoms with Crippen molar-refractivity contribution in [2.24, 2.45) is 0 Å². The van der Waals surface area contributed by atoms with E-state index in [-0.39, 0.29) is 6.54 Å². The molecule has 0 aliphatic carbocycles. The van der Waals surface area contributed by atoms with Crippen LogP contribution in [-0.2, 0) is 22.6 Å². The zero-order valence-electron chi connectivity index (χ0n) is 11.7. The Morgan fingerprint density at radius 1 is 1.52 bits per heavy atom. The molecule has 1 heterocycles. The number of hydrogen-bond acceptors (Lipinski definition) is 3. The van der Waals surface area contributed by atoms with Crippen LogP contribution in [0.2, 0.25) is 0 Å². The Balaban J connectivity index is 2.33. The number of carbonyl (C=O) groups excluding carboxylic acids is 1. The van der Waals surface area contributed by atoms with Crippen molar-refractivity contribution in [1.82, 2.24) is 15.1 Å². The molecule has 0 aliphatic rings. The van der Waals surface area contributed by atoms with E-state index in [0.717, 1.165) is 11.3 Å². The minimum atomic E-state index is -4.25. The maximum atomic E-state index is 12.5. The Morgan fingerprint density at radius 2 is 2.19 bits per heavy atom. The van der Waals surface area contributed by atoms with E-state index < -0.39 is 31.5 Å². The largest absolute Gasteiger partial charge is 0.365 e. The summed E-state index contributed by atoms with van der Waals surface area (Å²) in [4.78, 5) is 11.4. The van der Waals surface area contributed by atoms with Crippen LogP contribution >= 0.6 is 0 Å². The van der Waals surface area contributed by atoms with Gasteiger partial charge in [0.1, 0.15) is 13.2 Å². The summed E-state index contributed by atoms with van der Waals surface area (Å²) >= 11 is 0. The lowest BCUT2D eigenvalue weighted by molar-refractivity contribution is -0.168. The molecule has 1 rings (SSSR count). The van der Waals surface area contributed by atoms with Crippen molar-refractivity contribution in [1.29, 1.82) is 0 Å². The van der Waals surface area contributed by atoms with Gasteiger partial charge in [-0.2, -0.15) is 13.9 Å². The number of nitrogens with one attached hydrogen (secondary N) is 1. The molecule has 0 saturated carbocycles. The predicted molar refractivity (Wildman–Crippen MR) is 66.3 cm³/mol. The van der Waals surface area contributed by atoms with Crippen LogP contribution in [0.15, 0.2) is 6.20 Å². The first-order valence-corrected chi connectivity index (χ1v) is 6.29. The lowest BCUT2D eigenvalue weighted by atomic mass is 10.2. The fraction of sp³-hybridized carbons (Fsp3) is 0.667. The topological polar surface area (TPSA) is 56.2 Å². The van der Waals surface area contributed by atoms with Gasteiger partial charge in [-0.15, -0.1) is 0 Å². The van der Waals surface area contributed by atoms with Gasteiger partial charge in [-0.3, -0.25) is 9.48 Å². The molecule has 1 amide bonds. The van der Waals surface area contributed by atoms with Crippen molar-refractivity contribution in [3.05, 3.63) is 17.5 Å². The van der Waals surface area contributed by atoms with Gasteiger partial charge < -0.3 is 10.1 Å². The van der Waals surface area contributed by atoms with Crippen molar-refractivity contribution < 1.29 is 27.1 Å². The van der Waals surface area contributed by atoms with Gasteiger partial charge in [0, 0.05) is 24.3 Å². The van der Waals surface area contributed by atoms with E-state index in [9.17, 15) is 22.4 Å². The molecule has 0 unspecified atom stereocenters. The predicted octanol–water partition coefficient (Wildman–Crippen LogP) is 1.74. The van der Waals surface area contributed by atoms with Crippen LogP contribution in [0.25, 0.3) is 0 Å². The highest BCUT2D eigenvalue weighted by molar-refractivity contribution is 5.77. The summed E-state index contributed by atoms with van der Waals surface area (Å²) in [5.41, 5.74) is 1.66. The van der Waals surface area contributed by atoms with E-state index >= 15 is 0 Å². The maximum absolute atomic E-state index is 12.5. The Morgan fingerprint density at radius 3 is 2.71 bits per heavy atom. The van der Waals surface area contributed by atoms with Gasteiger partial charge in [-0.25, -0.2) is 8.78 Å². The molecule has 0 fully saturated rings. The van der Waals surface area contributed by atoms with Gasteiger partial charge in [0.15, 0.2) is 0 Å². The lowest BCUT2D eigenvalue weighted by Crippen LogP contribution is -2.35.